The largest absolute Gasteiger partial charge is 0.480 e. The number of nitrogens with one attached hydrogen (secondary N) is 4. The fraction of sp³-hybridized carbons (Fsp3) is 0.706. The van der Waals surface area contributed by atoms with Gasteiger partial charge in [-0.25, -0.2) is 4.79 Å². The molecule has 0 spiro atoms. The minimum Gasteiger partial charge on any atom is -0.480 e. The Morgan fingerprint density at radius 3 is 2.17 bits per heavy atom. The first-order valence-electron chi connectivity index (χ1n) is 9.33. The van der Waals surface area contributed by atoms with Crippen molar-refractivity contribution in [3.8, 4) is 0 Å². The minimum atomic E-state index is -1.54. The third-order valence-corrected chi connectivity index (χ3v) is 4.46. The van der Waals surface area contributed by atoms with Crippen LogP contribution in [-0.2, 0) is 24.0 Å². The highest BCUT2D eigenvalue weighted by Crippen LogP contribution is 2.07. The number of rotatable bonds is 11. The molecule has 12 heteroatoms. The lowest BCUT2D eigenvalue weighted by Gasteiger charge is -2.26. The molecule has 1 aliphatic heterocycles. The Bertz CT molecular complexity index is 634. The van der Waals surface area contributed by atoms with Crippen LogP contribution in [0.2, 0.25) is 0 Å². The molecular formula is C17H29N5O7. The zero-order valence-corrected chi connectivity index (χ0v) is 16.4. The van der Waals surface area contributed by atoms with Gasteiger partial charge in [0.15, 0.2) is 0 Å². The Kier molecular flexibility index (Phi) is 9.48. The molecule has 1 saturated heterocycles. The summed E-state index contributed by atoms with van der Waals surface area (Å²) in [6, 6.07) is -4.43. The van der Waals surface area contributed by atoms with E-state index in [1.807, 2.05) is 0 Å². The molecule has 12 nitrogen and oxygen atoms in total. The van der Waals surface area contributed by atoms with Crippen molar-refractivity contribution in [2.45, 2.75) is 57.3 Å². The molecule has 0 aromatic rings. The summed E-state index contributed by atoms with van der Waals surface area (Å²) in [5.74, 6) is -4.87. The number of primary amides is 1. The number of aliphatic hydroxyl groups is 1. The molecule has 29 heavy (non-hydrogen) atoms. The first-order valence-corrected chi connectivity index (χ1v) is 9.33. The molecule has 1 rings (SSSR count). The topological polar surface area (TPSA) is 200 Å². The summed E-state index contributed by atoms with van der Waals surface area (Å²) >= 11 is 0. The molecule has 8 N–H and O–H groups in total. The SMILES string of the molecule is CC(C)C(NC(=O)C(CO)NC(=O)C1CCCN1)C(=O)NC(CC(N)=O)C(=O)O. The van der Waals surface area contributed by atoms with E-state index in [1.54, 1.807) is 13.8 Å². The van der Waals surface area contributed by atoms with Gasteiger partial charge >= 0.3 is 5.97 Å². The number of carboxylic acid groups (broad SMARTS) is 1. The summed E-state index contributed by atoms with van der Waals surface area (Å²) in [6.07, 6.45) is 0.822. The molecule has 4 amide bonds. The number of amides is 4. The maximum atomic E-state index is 12.5. The van der Waals surface area contributed by atoms with Gasteiger partial charge < -0.3 is 37.2 Å². The summed E-state index contributed by atoms with van der Waals surface area (Å²) in [6.45, 7) is 3.22. The molecule has 0 aromatic heterocycles. The summed E-state index contributed by atoms with van der Waals surface area (Å²) in [5, 5.41) is 28.5. The van der Waals surface area contributed by atoms with E-state index < -0.39 is 72.7 Å². The number of carboxylic acids is 1. The predicted molar refractivity (Wildman–Crippen MR) is 100 cm³/mol. The summed E-state index contributed by atoms with van der Waals surface area (Å²) in [7, 11) is 0. The summed E-state index contributed by atoms with van der Waals surface area (Å²) in [4.78, 5) is 59.2. The average Bonchev–Trinajstić information content (AvgIpc) is 3.17. The fourth-order valence-corrected chi connectivity index (χ4v) is 2.83. The monoisotopic (exact) mass is 415 g/mol. The van der Waals surface area contributed by atoms with Gasteiger partial charge in [0.2, 0.25) is 23.6 Å². The second-order valence-electron chi connectivity index (χ2n) is 7.19. The quantitative estimate of drug-likeness (QED) is 0.183. The van der Waals surface area contributed by atoms with E-state index in [1.165, 1.54) is 0 Å². The smallest absolute Gasteiger partial charge is 0.326 e. The van der Waals surface area contributed by atoms with Crippen molar-refractivity contribution in [2.75, 3.05) is 13.2 Å². The average molecular weight is 415 g/mol. The lowest BCUT2D eigenvalue weighted by atomic mass is 10.0. The lowest BCUT2D eigenvalue weighted by molar-refractivity contribution is -0.144. The number of hydrogen-bond acceptors (Lipinski definition) is 7. The van der Waals surface area contributed by atoms with Crippen LogP contribution in [0.25, 0.3) is 0 Å². The van der Waals surface area contributed by atoms with Crippen molar-refractivity contribution in [2.24, 2.45) is 11.7 Å². The van der Waals surface area contributed by atoms with E-state index in [-0.39, 0.29) is 0 Å². The molecule has 4 unspecified atom stereocenters. The van der Waals surface area contributed by atoms with Gasteiger partial charge in [-0.3, -0.25) is 19.2 Å². The number of nitrogens with two attached hydrogens (primary N) is 1. The number of aliphatic carboxylic acids is 1. The van der Waals surface area contributed by atoms with Crippen molar-refractivity contribution in [1.29, 1.82) is 0 Å². The van der Waals surface area contributed by atoms with Crippen molar-refractivity contribution in [3.05, 3.63) is 0 Å². The van der Waals surface area contributed by atoms with Gasteiger partial charge in [0.05, 0.1) is 19.1 Å². The molecule has 0 aliphatic carbocycles. The number of carbonyl (C=O) groups excluding carboxylic acids is 4. The van der Waals surface area contributed by atoms with Crippen LogP contribution >= 0.6 is 0 Å². The first-order chi connectivity index (χ1) is 13.6. The fourth-order valence-electron chi connectivity index (χ4n) is 2.83. The van der Waals surface area contributed by atoms with Crippen LogP contribution in [0.1, 0.15) is 33.1 Å². The molecule has 0 radical (unpaired) electrons. The van der Waals surface area contributed by atoms with Gasteiger partial charge in [0, 0.05) is 0 Å². The maximum absolute atomic E-state index is 12.5. The zero-order chi connectivity index (χ0) is 22.1. The Morgan fingerprint density at radius 2 is 1.72 bits per heavy atom. The van der Waals surface area contributed by atoms with E-state index in [9.17, 15) is 29.1 Å². The Labute approximate surface area is 168 Å². The Hall–Kier alpha value is -2.73. The molecule has 164 valence electrons. The molecule has 1 aliphatic rings. The van der Waals surface area contributed by atoms with Crippen LogP contribution in [-0.4, -0.2) is 77.1 Å². The van der Waals surface area contributed by atoms with E-state index in [0.717, 1.165) is 6.42 Å². The second-order valence-corrected chi connectivity index (χ2v) is 7.19. The zero-order valence-electron chi connectivity index (χ0n) is 16.4. The van der Waals surface area contributed by atoms with Gasteiger partial charge in [0.25, 0.3) is 0 Å². The van der Waals surface area contributed by atoms with Gasteiger partial charge in [-0.1, -0.05) is 13.8 Å². The van der Waals surface area contributed by atoms with Crippen molar-refractivity contribution in [3.63, 3.8) is 0 Å². The summed E-state index contributed by atoms with van der Waals surface area (Å²) in [5.41, 5.74) is 4.98. The van der Waals surface area contributed by atoms with Gasteiger partial charge in [0.1, 0.15) is 18.1 Å². The van der Waals surface area contributed by atoms with Crippen molar-refractivity contribution < 1.29 is 34.2 Å². The van der Waals surface area contributed by atoms with Crippen LogP contribution in [0.3, 0.4) is 0 Å². The molecule has 4 atom stereocenters. The standard InChI is InChI=1S/C17H29N5O7/c1-8(2)13(16(27)20-10(17(28)29)6-12(18)24)22-15(26)11(7-23)21-14(25)9-4-3-5-19-9/h8-11,13,19,23H,3-7H2,1-2H3,(H2,18,24)(H,20,27)(H,21,25)(H,22,26)(H,28,29). The highest BCUT2D eigenvalue weighted by Gasteiger charge is 2.32. The maximum Gasteiger partial charge on any atom is 0.326 e. The highest BCUT2D eigenvalue weighted by molar-refractivity contribution is 5.95. The third-order valence-electron chi connectivity index (χ3n) is 4.46. The molecular weight excluding hydrogens is 386 g/mol. The van der Waals surface area contributed by atoms with Gasteiger partial charge in [-0.2, -0.15) is 0 Å². The van der Waals surface area contributed by atoms with E-state index in [2.05, 4.69) is 21.3 Å². The van der Waals surface area contributed by atoms with Crippen LogP contribution < -0.4 is 27.0 Å². The predicted octanol–water partition coefficient (Wildman–Crippen LogP) is -3.20. The van der Waals surface area contributed by atoms with Crippen LogP contribution in [0, 0.1) is 5.92 Å². The third kappa shape index (κ3) is 7.66. The number of aliphatic hydroxyl groups excluding tert-OH is 1. The van der Waals surface area contributed by atoms with Crippen molar-refractivity contribution >= 4 is 29.6 Å². The van der Waals surface area contributed by atoms with E-state index >= 15 is 0 Å². The highest BCUT2D eigenvalue weighted by atomic mass is 16.4. The number of carbonyl (C=O) groups is 5. The second kappa shape index (κ2) is 11.3. The first kappa shape index (κ1) is 24.3. The van der Waals surface area contributed by atoms with Gasteiger partial charge in [-0.15, -0.1) is 0 Å². The molecule has 0 aromatic carbocycles. The molecule has 0 saturated carbocycles. The summed E-state index contributed by atoms with van der Waals surface area (Å²) < 4.78 is 0. The molecule has 1 heterocycles. The van der Waals surface area contributed by atoms with E-state index in [0.29, 0.717) is 13.0 Å². The van der Waals surface area contributed by atoms with Crippen LogP contribution in [0.4, 0.5) is 0 Å². The minimum absolute atomic E-state index is 0.436. The normalized spacial score (nSPS) is 19.1. The van der Waals surface area contributed by atoms with Crippen molar-refractivity contribution in [1.82, 2.24) is 21.3 Å². The Balaban J connectivity index is 2.77. The lowest BCUT2D eigenvalue weighted by Crippen LogP contribution is -2.59. The van der Waals surface area contributed by atoms with Crippen LogP contribution in [0.5, 0.6) is 0 Å². The van der Waals surface area contributed by atoms with Gasteiger partial charge in [-0.05, 0) is 25.3 Å². The Morgan fingerprint density at radius 1 is 1.07 bits per heavy atom. The number of hydrogen-bond donors (Lipinski definition) is 7. The molecule has 1 fully saturated rings. The van der Waals surface area contributed by atoms with Crippen LogP contribution in [0.15, 0.2) is 0 Å². The van der Waals surface area contributed by atoms with E-state index in [4.69, 9.17) is 10.8 Å². The molecule has 0 bridgehead atoms.